The number of pyridine rings is 2. The summed E-state index contributed by atoms with van der Waals surface area (Å²) in [5.41, 5.74) is 4.49. The first-order chi connectivity index (χ1) is 9.24. The normalized spacial score (nSPS) is 10.5. The maximum absolute atomic E-state index is 6.01. The van der Waals surface area contributed by atoms with Crippen molar-refractivity contribution in [3.8, 4) is 0 Å². The first-order valence-electron chi connectivity index (χ1n) is 6.40. The Labute approximate surface area is 119 Å². The predicted molar refractivity (Wildman–Crippen MR) is 79.5 cm³/mol. The number of aryl methyl sites for hydroxylation is 1. The van der Waals surface area contributed by atoms with Crippen LogP contribution in [0.1, 0.15) is 23.7 Å². The zero-order chi connectivity index (χ0) is 13.7. The van der Waals surface area contributed by atoms with Gasteiger partial charge in [0.25, 0.3) is 0 Å². The smallest absolute Gasteiger partial charge is 0.0509 e. The predicted octanol–water partition coefficient (Wildman–Crippen LogP) is 3.55. The zero-order valence-corrected chi connectivity index (χ0v) is 12.1. The molecule has 2 aromatic heterocycles. The summed E-state index contributed by atoms with van der Waals surface area (Å²) in [6, 6.07) is 6.18. The van der Waals surface area contributed by atoms with E-state index in [9.17, 15) is 0 Å². The summed E-state index contributed by atoms with van der Waals surface area (Å²) < 4.78 is 0. The van der Waals surface area contributed by atoms with Crippen molar-refractivity contribution < 1.29 is 0 Å². The SMILES string of the molecule is CCN(Cc1ccncc1)c1cc(C)ncc1CCl. The number of hydrogen-bond acceptors (Lipinski definition) is 3. The van der Waals surface area contributed by atoms with Crippen LogP contribution in [0, 0.1) is 6.92 Å². The van der Waals surface area contributed by atoms with Crippen molar-refractivity contribution >= 4 is 17.3 Å². The second-order valence-corrected chi connectivity index (χ2v) is 4.72. The third kappa shape index (κ3) is 3.44. The summed E-state index contributed by atoms with van der Waals surface area (Å²) in [5.74, 6) is 0.482. The highest BCUT2D eigenvalue weighted by molar-refractivity contribution is 6.17. The topological polar surface area (TPSA) is 29.0 Å². The van der Waals surface area contributed by atoms with Crippen molar-refractivity contribution in [1.82, 2.24) is 9.97 Å². The van der Waals surface area contributed by atoms with E-state index in [4.69, 9.17) is 11.6 Å². The van der Waals surface area contributed by atoms with E-state index in [2.05, 4.69) is 27.9 Å². The monoisotopic (exact) mass is 275 g/mol. The van der Waals surface area contributed by atoms with Gasteiger partial charge >= 0.3 is 0 Å². The van der Waals surface area contributed by atoms with Gasteiger partial charge in [-0.15, -0.1) is 11.6 Å². The van der Waals surface area contributed by atoms with Gasteiger partial charge in [-0.05, 0) is 37.6 Å². The number of hydrogen-bond donors (Lipinski definition) is 0. The summed E-state index contributed by atoms with van der Waals surface area (Å²) in [5, 5.41) is 0. The molecular weight excluding hydrogens is 258 g/mol. The molecule has 19 heavy (non-hydrogen) atoms. The van der Waals surface area contributed by atoms with Crippen LogP contribution in [-0.2, 0) is 12.4 Å². The second kappa shape index (κ2) is 6.53. The molecule has 0 aliphatic carbocycles. The molecular formula is C15H18ClN3. The molecule has 0 atom stereocenters. The maximum atomic E-state index is 6.01. The molecule has 0 spiro atoms. The molecule has 0 saturated heterocycles. The standard InChI is InChI=1S/C15H18ClN3/c1-3-19(11-13-4-6-17-7-5-13)15-8-12(2)18-10-14(15)9-16/h4-8,10H,3,9,11H2,1-2H3. The molecule has 0 saturated carbocycles. The van der Waals surface area contributed by atoms with E-state index in [0.29, 0.717) is 5.88 Å². The van der Waals surface area contributed by atoms with E-state index < -0.39 is 0 Å². The largest absolute Gasteiger partial charge is 0.367 e. The number of alkyl halides is 1. The first-order valence-corrected chi connectivity index (χ1v) is 6.93. The molecule has 0 unspecified atom stereocenters. The fourth-order valence-electron chi connectivity index (χ4n) is 2.05. The number of rotatable bonds is 5. The highest BCUT2D eigenvalue weighted by atomic mass is 35.5. The Morgan fingerprint density at radius 2 is 2.00 bits per heavy atom. The van der Waals surface area contributed by atoms with E-state index in [0.717, 1.165) is 24.3 Å². The van der Waals surface area contributed by atoms with Gasteiger partial charge in [0.2, 0.25) is 0 Å². The fraction of sp³-hybridized carbons (Fsp3) is 0.333. The van der Waals surface area contributed by atoms with Crippen LogP contribution < -0.4 is 4.90 Å². The minimum Gasteiger partial charge on any atom is -0.367 e. The number of anilines is 1. The molecule has 100 valence electrons. The van der Waals surface area contributed by atoms with E-state index in [-0.39, 0.29) is 0 Å². The number of aromatic nitrogens is 2. The van der Waals surface area contributed by atoms with Gasteiger partial charge < -0.3 is 4.90 Å². The average Bonchev–Trinajstić information content (AvgIpc) is 2.46. The third-order valence-electron chi connectivity index (χ3n) is 3.09. The summed E-state index contributed by atoms with van der Waals surface area (Å²) in [7, 11) is 0. The van der Waals surface area contributed by atoms with Crippen molar-refractivity contribution in [2.24, 2.45) is 0 Å². The van der Waals surface area contributed by atoms with Crippen LogP contribution >= 0.6 is 11.6 Å². The quantitative estimate of drug-likeness (QED) is 0.782. The van der Waals surface area contributed by atoms with Crippen molar-refractivity contribution in [3.05, 3.63) is 53.6 Å². The van der Waals surface area contributed by atoms with Crippen LogP contribution in [-0.4, -0.2) is 16.5 Å². The molecule has 0 radical (unpaired) electrons. The summed E-state index contributed by atoms with van der Waals surface area (Å²) in [6.45, 7) is 5.93. The lowest BCUT2D eigenvalue weighted by Gasteiger charge is -2.25. The van der Waals surface area contributed by atoms with Gasteiger partial charge in [-0.1, -0.05) is 0 Å². The molecule has 0 N–H and O–H groups in total. The molecule has 2 heterocycles. The molecule has 4 heteroatoms. The van der Waals surface area contributed by atoms with E-state index in [1.54, 1.807) is 0 Å². The van der Waals surface area contributed by atoms with Crippen LogP contribution in [0.3, 0.4) is 0 Å². The Morgan fingerprint density at radius 1 is 1.26 bits per heavy atom. The third-order valence-corrected chi connectivity index (χ3v) is 3.38. The van der Waals surface area contributed by atoms with E-state index in [1.165, 1.54) is 11.3 Å². The van der Waals surface area contributed by atoms with E-state index >= 15 is 0 Å². The molecule has 0 aromatic carbocycles. The molecule has 0 fully saturated rings. The molecule has 3 nitrogen and oxygen atoms in total. The second-order valence-electron chi connectivity index (χ2n) is 4.46. The first kappa shape index (κ1) is 13.8. The Balaban J connectivity index is 2.29. The zero-order valence-electron chi connectivity index (χ0n) is 11.3. The van der Waals surface area contributed by atoms with Gasteiger partial charge in [0.1, 0.15) is 0 Å². The average molecular weight is 276 g/mol. The van der Waals surface area contributed by atoms with Crippen molar-refractivity contribution in [3.63, 3.8) is 0 Å². The lowest BCUT2D eigenvalue weighted by molar-refractivity contribution is 0.822. The Kier molecular flexibility index (Phi) is 4.74. The van der Waals surface area contributed by atoms with Gasteiger partial charge in [-0.25, -0.2) is 0 Å². The van der Waals surface area contributed by atoms with Crippen molar-refractivity contribution in [1.29, 1.82) is 0 Å². The van der Waals surface area contributed by atoms with Crippen LogP contribution in [0.4, 0.5) is 5.69 Å². The minimum atomic E-state index is 0.482. The van der Waals surface area contributed by atoms with Gasteiger partial charge in [0, 0.05) is 48.6 Å². The molecule has 0 amide bonds. The maximum Gasteiger partial charge on any atom is 0.0509 e. The summed E-state index contributed by atoms with van der Waals surface area (Å²) in [4.78, 5) is 10.7. The minimum absolute atomic E-state index is 0.482. The van der Waals surface area contributed by atoms with Crippen molar-refractivity contribution in [2.75, 3.05) is 11.4 Å². The van der Waals surface area contributed by atoms with Crippen LogP contribution in [0.2, 0.25) is 0 Å². The Bertz CT molecular complexity index is 528. The van der Waals surface area contributed by atoms with Gasteiger partial charge in [-0.3, -0.25) is 9.97 Å². The van der Waals surface area contributed by atoms with E-state index in [1.807, 2.05) is 37.6 Å². The highest BCUT2D eigenvalue weighted by Gasteiger charge is 2.11. The van der Waals surface area contributed by atoms with Gasteiger partial charge in [0.05, 0.1) is 5.88 Å². The molecule has 0 aliphatic heterocycles. The molecule has 0 bridgehead atoms. The lowest BCUT2D eigenvalue weighted by atomic mass is 10.1. The van der Waals surface area contributed by atoms with Crippen molar-refractivity contribution in [2.45, 2.75) is 26.3 Å². The number of halogens is 1. The molecule has 2 rings (SSSR count). The highest BCUT2D eigenvalue weighted by Crippen LogP contribution is 2.24. The fourth-order valence-corrected chi connectivity index (χ4v) is 2.25. The molecule has 0 aliphatic rings. The van der Waals surface area contributed by atoms with Gasteiger partial charge in [-0.2, -0.15) is 0 Å². The molecule has 2 aromatic rings. The summed E-state index contributed by atoms with van der Waals surface area (Å²) in [6.07, 6.45) is 5.51. The van der Waals surface area contributed by atoms with Crippen LogP contribution in [0.25, 0.3) is 0 Å². The lowest BCUT2D eigenvalue weighted by Crippen LogP contribution is -2.23. The Hall–Kier alpha value is -1.61. The van der Waals surface area contributed by atoms with Crippen LogP contribution in [0.15, 0.2) is 36.8 Å². The summed E-state index contributed by atoms with van der Waals surface area (Å²) >= 11 is 6.01. The van der Waals surface area contributed by atoms with Crippen LogP contribution in [0.5, 0.6) is 0 Å². The Morgan fingerprint density at radius 3 is 2.63 bits per heavy atom. The number of nitrogens with zero attached hydrogens (tertiary/aromatic N) is 3. The van der Waals surface area contributed by atoms with Gasteiger partial charge in [0.15, 0.2) is 0 Å².